The van der Waals surface area contributed by atoms with Gasteiger partial charge in [0.1, 0.15) is 24.0 Å². The van der Waals surface area contributed by atoms with E-state index in [0.29, 0.717) is 31.0 Å². The number of hydrogen-bond donors (Lipinski definition) is 0. The second-order valence-electron chi connectivity index (χ2n) is 6.78. The van der Waals surface area contributed by atoms with Gasteiger partial charge in [0, 0.05) is 30.6 Å². The van der Waals surface area contributed by atoms with E-state index in [1.54, 1.807) is 19.2 Å². The molecule has 0 spiro atoms. The summed E-state index contributed by atoms with van der Waals surface area (Å²) in [5.74, 6) is 2.21. The molecular weight excluding hydrogens is 358 g/mol. The van der Waals surface area contributed by atoms with Crippen molar-refractivity contribution in [1.82, 2.24) is 4.90 Å². The number of likely N-dealkylation sites (N-methyl/N-ethyl adjacent to an activating group) is 1. The highest BCUT2D eigenvalue weighted by molar-refractivity contribution is 5.81. The standard InChI is InChI=1S/C22H23NO5/c1-3-23(13-17-14-26-19-6-4-5-7-20(19)27-17)12-15-10-22(24)28-21-11-16(25-2)8-9-18(15)21/h4-11,17H,3,12-14H2,1-2H3. The Bertz CT molecular complexity index is 1030. The van der Waals surface area contributed by atoms with Crippen LogP contribution in [0.4, 0.5) is 0 Å². The van der Waals surface area contributed by atoms with Gasteiger partial charge in [0.2, 0.25) is 0 Å². The Balaban J connectivity index is 1.53. The number of benzene rings is 2. The van der Waals surface area contributed by atoms with Gasteiger partial charge in [0.05, 0.1) is 7.11 Å². The lowest BCUT2D eigenvalue weighted by atomic mass is 10.1. The molecule has 6 heteroatoms. The summed E-state index contributed by atoms with van der Waals surface area (Å²) in [6, 6.07) is 14.8. The van der Waals surface area contributed by atoms with Crippen molar-refractivity contribution in [3.63, 3.8) is 0 Å². The van der Waals surface area contributed by atoms with Gasteiger partial charge in [-0.15, -0.1) is 0 Å². The monoisotopic (exact) mass is 381 g/mol. The van der Waals surface area contributed by atoms with Crippen LogP contribution in [0.5, 0.6) is 17.2 Å². The molecule has 2 heterocycles. The largest absolute Gasteiger partial charge is 0.497 e. The number of rotatable bonds is 6. The number of ether oxygens (including phenoxy) is 3. The van der Waals surface area contributed by atoms with Gasteiger partial charge in [0.25, 0.3) is 0 Å². The molecule has 4 rings (SSSR count). The lowest BCUT2D eigenvalue weighted by Gasteiger charge is -2.31. The van der Waals surface area contributed by atoms with Crippen LogP contribution in [0.2, 0.25) is 0 Å². The maximum Gasteiger partial charge on any atom is 0.336 e. The first-order valence-electron chi connectivity index (χ1n) is 9.38. The van der Waals surface area contributed by atoms with Crippen LogP contribution < -0.4 is 19.8 Å². The highest BCUT2D eigenvalue weighted by Gasteiger charge is 2.23. The Kier molecular flexibility index (Phi) is 5.21. The maximum atomic E-state index is 12.0. The van der Waals surface area contributed by atoms with Crippen LogP contribution in [-0.4, -0.2) is 37.8 Å². The average molecular weight is 381 g/mol. The van der Waals surface area contributed by atoms with E-state index in [0.717, 1.165) is 29.0 Å². The summed E-state index contributed by atoms with van der Waals surface area (Å²) in [5, 5.41) is 0.907. The third-order valence-electron chi connectivity index (χ3n) is 4.91. The number of methoxy groups -OCH3 is 1. The minimum Gasteiger partial charge on any atom is -0.497 e. The van der Waals surface area contributed by atoms with Gasteiger partial charge in [-0.1, -0.05) is 19.1 Å². The van der Waals surface area contributed by atoms with Crippen LogP contribution in [0.3, 0.4) is 0 Å². The second-order valence-corrected chi connectivity index (χ2v) is 6.78. The van der Waals surface area contributed by atoms with Crippen molar-refractivity contribution in [3.05, 3.63) is 64.5 Å². The van der Waals surface area contributed by atoms with Gasteiger partial charge in [-0.2, -0.15) is 0 Å². The minimum atomic E-state index is -0.363. The Morgan fingerprint density at radius 1 is 1.14 bits per heavy atom. The van der Waals surface area contributed by atoms with Crippen molar-refractivity contribution < 1.29 is 18.6 Å². The fourth-order valence-corrected chi connectivity index (χ4v) is 3.46. The lowest BCUT2D eigenvalue weighted by molar-refractivity contribution is 0.0581. The second kappa shape index (κ2) is 7.94. The highest BCUT2D eigenvalue weighted by Crippen LogP contribution is 2.31. The highest BCUT2D eigenvalue weighted by atomic mass is 16.6. The molecule has 0 amide bonds. The van der Waals surface area contributed by atoms with Crippen molar-refractivity contribution in [2.24, 2.45) is 0 Å². The summed E-state index contributed by atoms with van der Waals surface area (Å²) in [5.41, 5.74) is 1.09. The minimum absolute atomic E-state index is 0.0682. The first kappa shape index (κ1) is 18.4. The topological polar surface area (TPSA) is 61.1 Å². The maximum absolute atomic E-state index is 12.0. The molecule has 0 radical (unpaired) electrons. The summed E-state index contributed by atoms with van der Waals surface area (Å²) in [6.45, 7) is 4.73. The summed E-state index contributed by atoms with van der Waals surface area (Å²) in [6.07, 6.45) is -0.0682. The number of fused-ring (bicyclic) bond motifs is 2. The van der Waals surface area contributed by atoms with Crippen LogP contribution in [0.15, 0.2) is 57.7 Å². The van der Waals surface area contributed by atoms with Gasteiger partial charge in [-0.25, -0.2) is 4.79 Å². The molecule has 1 atom stereocenters. The summed E-state index contributed by atoms with van der Waals surface area (Å²) >= 11 is 0. The quantitative estimate of drug-likeness (QED) is 0.610. The van der Waals surface area contributed by atoms with Crippen LogP contribution >= 0.6 is 0 Å². The van der Waals surface area contributed by atoms with Crippen LogP contribution in [0.1, 0.15) is 12.5 Å². The third kappa shape index (κ3) is 3.82. The molecule has 0 saturated heterocycles. The van der Waals surface area contributed by atoms with Crippen molar-refractivity contribution in [2.75, 3.05) is 26.8 Å². The molecule has 1 aliphatic rings. The van der Waals surface area contributed by atoms with E-state index in [9.17, 15) is 4.79 Å². The molecule has 1 aromatic heterocycles. The molecule has 0 N–H and O–H groups in total. The van der Waals surface area contributed by atoms with Gasteiger partial charge in [0.15, 0.2) is 11.5 Å². The Morgan fingerprint density at radius 2 is 1.96 bits per heavy atom. The van der Waals surface area contributed by atoms with E-state index in [1.165, 1.54) is 0 Å². The van der Waals surface area contributed by atoms with E-state index >= 15 is 0 Å². The van der Waals surface area contributed by atoms with Crippen molar-refractivity contribution in [2.45, 2.75) is 19.6 Å². The summed E-state index contributed by atoms with van der Waals surface area (Å²) < 4.78 is 22.5. The zero-order valence-corrected chi connectivity index (χ0v) is 16.0. The van der Waals surface area contributed by atoms with Gasteiger partial charge in [-0.05, 0) is 36.4 Å². The first-order valence-corrected chi connectivity index (χ1v) is 9.38. The van der Waals surface area contributed by atoms with Crippen LogP contribution in [0, 0.1) is 0 Å². The SMILES string of the molecule is CCN(Cc1cc(=O)oc2cc(OC)ccc12)CC1COc2ccccc2O1. The molecule has 2 aromatic carbocycles. The molecular formula is C22H23NO5. The fourth-order valence-electron chi connectivity index (χ4n) is 3.46. The van der Waals surface area contributed by atoms with Crippen molar-refractivity contribution >= 4 is 11.0 Å². The van der Waals surface area contributed by atoms with Gasteiger partial charge in [-0.3, -0.25) is 4.90 Å². The van der Waals surface area contributed by atoms with Crippen molar-refractivity contribution in [3.8, 4) is 17.2 Å². The number of nitrogens with zero attached hydrogens (tertiary/aromatic N) is 1. The molecule has 0 fully saturated rings. The van der Waals surface area contributed by atoms with Crippen LogP contribution in [0.25, 0.3) is 11.0 Å². The van der Waals surface area contributed by atoms with E-state index in [2.05, 4.69) is 11.8 Å². The smallest absolute Gasteiger partial charge is 0.336 e. The average Bonchev–Trinajstić information content (AvgIpc) is 2.72. The molecule has 0 aliphatic carbocycles. The molecule has 0 bridgehead atoms. The van der Waals surface area contributed by atoms with Gasteiger partial charge < -0.3 is 18.6 Å². The number of para-hydroxylation sites is 2. The van der Waals surface area contributed by atoms with E-state index < -0.39 is 0 Å². The Labute approximate surface area is 163 Å². The summed E-state index contributed by atoms with van der Waals surface area (Å²) in [4.78, 5) is 14.3. The molecule has 1 unspecified atom stereocenters. The molecule has 1 aliphatic heterocycles. The third-order valence-corrected chi connectivity index (χ3v) is 4.91. The predicted octanol–water partition coefficient (Wildman–Crippen LogP) is 3.46. The Morgan fingerprint density at radius 3 is 2.75 bits per heavy atom. The Hall–Kier alpha value is -2.99. The van der Waals surface area contributed by atoms with Crippen molar-refractivity contribution in [1.29, 1.82) is 0 Å². The van der Waals surface area contributed by atoms with E-state index in [-0.39, 0.29) is 11.7 Å². The lowest BCUT2D eigenvalue weighted by Crippen LogP contribution is -2.40. The normalized spacial score (nSPS) is 15.8. The van der Waals surface area contributed by atoms with Gasteiger partial charge >= 0.3 is 5.63 Å². The van der Waals surface area contributed by atoms with E-state index in [4.69, 9.17) is 18.6 Å². The number of hydrogen-bond acceptors (Lipinski definition) is 6. The predicted molar refractivity (Wildman–Crippen MR) is 106 cm³/mol. The van der Waals surface area contributed by atoms with Crippen LogP contribution in [-0.2, 0) is 6.54 Å². The van der Waals surface area contributed by atoms with E-state index in [1.807, 2.05) is 36.4 Å². The fraction of sp³-hybridized carbons (Fsp3) is 0.318. The molecule has 28 heavy (non-hydrogen) atoms. The summed E-state index contributed by atoms with van der Waals surface area (Å²) in [7, 11) is 1.59. The first-order chi connectivity index (χ1) is 13.7. The molecule has 6 nitrogen and oxygen atoms in total. The zero-order valence-electron chi connectivity index (χ0n) is 16.0. The molecule has 3 aromatic rings. The zero-order chi connectivity index (χ0) is 19.5. The molecule has 0 saturated carbocycles. The molecule has 146 valence electrons.